The number of alkyl halides is 1. The highest BCUT2D eigenvalue weighted by Crippen LogP contribution is 2.19. The normalized spacial score (nSPS) is 10.2. The van der Waals surface area contributed by atoms with E-state index in [4.69, 9.17) is 16.3 Å². The third-order valence-corrected chi connectivity index (χ3v) is 3.33. The van der Waals surface area contributed by atoms with Gasteiger partial charge in [-0.1, -0.05) is 31.8 Å². The third-order valence-electron chi connectivity index (χ3n) is 3.14. The SMILES string of the molecule is CCN(CC)CCOc1ccc(C)cc1C#CCCCl. The second-order valence-electron chi connectivity index (χ2n) is 4.62. The summed E-state index contributed by atoms with van der Waals surface area (Å²) in [4.78, 5) is 2.34. The van der Waals surface area contributed by atoms with Crippen molar-refractivity contribution in [3.8, 4) is 17.6 Å². The molecule has 2 nitrogen and oxygen atoms in total. The van der Waals surface area contributed by atoms with Gasteiger partial charge in [0.2, 0.25) is 0 Å². The maximum absolute atomic E-state index is 5.88. The largest absolute Gasteiger partial charge is 0.491 e. The van der Waals surface area contributed by atoms with Crippen molar-refractivity contribution >= 4 is 11.6 Å². The molecule has 0 amide bonds. The highest BCUT2D eigenvalue weighted by atomic mass is 35.5. The molecule has 1 aromatic rings. The number of rotatable bonds is 7. The number of aryl methyl sites for hydroxylation is 1. The van der Waals surface area contributed by atoms with Crippen molar-refractivity contribution in [3.05, 3.63) is 29.3 Å². The van der Waals surface area contributed by atoms with Gasteiger partial charge in [0, 0.05) is 18.8 Å². The van der Waals surface area contributed by atoms with Crippen LogP contribution in [-0.2, 0) is 0 Å². The Balaban J connectivity index is 2.67. The molecule has 0 N–H and O–H groups in total. The first-order valence-corrected chi connectivity index (χ1v) is 7.75. The van der Waals surface area contributed by atoms with Gasteiger partial charge in [-0.3, -0.25) is 0 Å². The Bertz CT molecular complexity index is 458. The number of halogens is 1. The Kier molecular flexibility index (Phi) is 8.18. The van der Waals surface area contributed by atoms with Gasteiger partial charge in [-0.15, -0.1) is 11.6 Å². The second kappa shape index (κ2) is 9.69. The molecule has 110 valence electrons. The minimum Gasteiger partial charge on any atom is -0.491 e. The number of benzene rings is 1. The summed E-state index contributed by atoms with van der Waals surface area (Å²) in [7, 11) is 0. The van der Waals surface area contributed by atoms with Crippen LogP contribution >= 0.6 is 11.6 Å². The van der Waals surface area contributed by atoms with E-state index in [0.717, 1.165) is 30.9 Å². The summed E-state index contributed by atoms with van der Waals surface area (Å²) >= 11 is 5.65. The average Bonchev–Trinajstić information content (AvgIpc) is 2.46. The first-order chi connectivity index (χ1) is 9.71. The molecule has 1 aromatic carbocycles. The van der Waals surface area contributed by atoms with E-state index in [-0.39, 0.29) is 0 Å². The van der Waals surface area contributed by atoms with Crippen molar-refractivity contribution < 1.29 is 4.74 Å². The Morgan fingerprint density at radius 3 is 2.65 bits per heavy atom. The zero-order chi connectivity index (χ0) is 14.8. The average molecular weight is 294 g/mol. The zero-order valence-corrected chi connectivity index (χ0v) is 13.5. The van der Waals surface area contributed by atoms with Crippen LogP contribution in [0, 0.1) is 18.8 Å². The highest BCUT2D eigenvalue weighted by molar-refractivity contribution is 6.18. The summed E-state index contributed by atoms with van der Waals surface area (Å²) in [6, 6.07) is 6.12. The number of likely N-dealkylation sites (N-methyl/N-ethyl adjacent to an activating group) is 1. The molecule has 0 aliphatic carbocycles. The second-order valence-corrected chi connectivity index (χ2v) is 4.99. The lowest BCUT2D eigenvalue weighted by molar-refractivity contribution is 0.222. The van der Waals surface area contributed by atoms with Crippen LogP contribution in [0.5, 0.6) is 5.75 Å². The van der Waals surface area contributed by atoms with Gasteiger partial charge in [-0.2, -0.15) is 0 Å². The summed E-state index contributed by atoms with van der Waals surface area (Å²) in [5, 5.41) is 0. The maximum atomic E-state index is 5.88. The molecule has 0 spiro atoms. The van der Waals surface area contributed by atoms with E-state index in [9.17, 15) is 0 Å². The predicted octanol–water partition coefficient (Wildman–Crippen LogP) is 3.70. The van der Waals surface area contributed by atoms with Gasteiger partial charge in [0.25, 0.3) is 0 Å². The van der Waals surface area contributed by atoms with Crippen LogP contribution in [0.4, 0.5) is 0 Å². The minimum absolute atomic E-state index is 0.566. The molecule has 0 saturated carbocycles. The van der Waals surface area contributed by atoms with Crippen molar-refractivity contribution in [2.45, 2.75) is 27.2 Å². The standard InChI is InChI=1S/C17H24ClNO/c1-4-19(5-2)12-13-20-17-10-9-15(3)14-16(17)8-6-7-11-18/h9-10,14H,4-5,7,11-13H2,1-3H3. The van der Waals surface area contributed by atoms with Gasteiger partial charge in [-0.25, -0.2) is 0 Å². The van der Waals surface area contributed by atoms with Gasteiger partial charge in [-0.05, 0) is 37.7 Å². The lowest BCUT2D eigenvalue weighted by Crippen LogP contribution is -2.28. The van der Waals surface area contributed by atoms with Crippen LogP contribution < -0.4 is 4.74 Å². The fourth-order valence-electron chi connectivity index (χ4n) is 1.90. The summed E-state index contributed by atoms with van der Waals surface area (Å²) in [5.74, 6) is 7.65. The lowest BCUT2D eigenvalue weighted by atomic mass is 10.1. The number of ether oxygens (including phenoxy) is 1. The quantitative estimate of drug-likeness (QED) is 0.561. The van der Waals surface area contributed by atoms with Gasteiger partial charge in [0.05, 0.1) is 5.56 Å². The van der Waals surface area contributed by atoms with Crippen LogP contribution in [0.1, 0.15) is 31.4 Å². The van der Waals surface area contributed by atoms with E-state index >= 15 is 0 Å². The molecule has 0 aliphatic rings. The van der Waals surface area contributed by atoms with E-state index in [1.54, 1.807) is 0 Å². The fourth-order valence-corrected chi connectivity index (χ4v) is 1.99. The molecular weight excluding hydrogens is 270 g/mol. The summed E-state index contributed by atoms with van der Waals surface area (Å²) < 4.78 is 5.88. The van der Waals surface area contributed by atoms with Crippen LogP contribution in [0.25, 0.3) is 0 Å². The Morgan fingerprint density at radius 1 is 1.25 bits per heavy atom. The van der Waals surface area contributed by atoms with Crippen molar-refractivity contribution in [1.29, 1.82) is 0 Å². The van der Waals surface area contributed by atoms with Gasteiger partial charge >= 0.3 is 0 Å². The smallest absolute Gasteiger partial charge is 0.134 e. The van der Waals surface area contributed by atoms with E-state index in [1.165, 1.54) is 5.56 Å². The molecule has 0 aromatic heterocycles. The Morgan fingerprint density at radius 2 is 2.00 bits per heavy atom. The number of nitrogens with zero attached hydrogens (tertiary/aromatic N) is 1. The zero-order valence-electron chi connectivity index (χ0n) is 12.7. The van der Waals surface area contributed by atoms with Crippen LogP contribution in [-0.4, -0.2) is 37.0 Å². The monoisotopic (exact) mass is 293 g/mol. The van der Waals surface area contributed by atoms with Crippen LogP contribution in [0.2, 0.25) is 0 Å². The van der Waals surface area contributed by atoms with Crippen molar-refractivity contribution in [1.82, 2.24) is 4.90 Å². The molecule has 3 heteroatoms. The summed E-state index contributed by atoms with van der Waals surface area (Å²) in [5.41, 5.74) is 2.14. The van der Waals surface area contributed by atoms with Gasteiger partial charge < -0.3 is 9.64 Å². The fraction of sp³-hybridized carbons (Fsp3) is 0.529. The molecule has 0 fully saturated rings. The van der Waals surface area contributed by atoms with E-state index in [1.807, 2.05) is 6.07 Å². The summed E-state index contributed by atoms with van der Waals surface area (Å²) in [6.45, 7) is 10.1. The first kappa shape index (κ1) is 16.9. The molecule has 0 aliphatic heterocycles. The molecule has 0 radical (unpaired) electrons. The molecule has 0 heterocycles. The third kappa shape index (κ3) is 5.86. The van der Waals surface area contributed by atoms with E-state index in [2.05, 4.69) is 49.6 Å². The van der Waals surface area contributed by atoms with Crippen molar-refractivity contribution in [3.63, 3.8) is 0 Å². The number of hydrogen-bond donors (Lipinski definition) is 0. The highest BCUT2D eigenvalue weighted by Gasteiger charge is 2.03. The first-order valence-electron chi connectivity index (χ1n) is 7.21. The lowest BCUT2D eigenvalue weighted by Gasteiger charge is -2.18. The molecule has 0 unspecified atom stereocenters. The molecular formula is C17H24ClNO. The maximum Gasteiger partial charge on any atom is 0.134 e. The molecule has 0 atom stereocenters. The van der Waals surface area contributed by atoms with Gasteiger partial charge in [0.15, 0.2) is 0 Å². The topological polar surface area (TPSA) is 12.5 Å². The molecule has 1 rings (SSSR count). The van der Waals surface area contributed by atoms with Crippen LogP contribution in [0.15, 0.2) is 18.2 Å². The molecule has 20 heavy (non-hydrogen) atoms. The minimum atomic E-state index is 0.566. The van der Waals surface area contributed by atoms with Crippen LogP contribution in [0.3, 0.4) is 0 Å². The molecule has 0 bridgehead atoms. The predicted molar refractivity (Wildman–Crippen MR) is 86.7 cm³/mol. The number of hydrogen-bond acceptors (Lipinski definition) is 2. The van der Waals surface area contributed by atoms with Gasteiger partial charge in [0.1, 0.15) is 12.4 Å². The van der Waals surface area contributed by atoms with Crippen molar-refractivity contribution in [2.75, 3.05) is 32.1 Å². The van der Waals surface area contributed by atoms with Crippen molar-refractivity contribution in [2.24, 2.45) is 0 Å². The van der Waals surface area contributed by atoms with E-state index in [0.29, 0.717) is 18.9 Å². The Labute approximate surface area is 128 Å². The molecule has 0 saturated heterocycles. The summed E-state index contributed by atoms with van der Waals surface area (Å²) in [6.07, 6.45) is 0.703. The Hall–Kier alpha value is -1.17. The van der Waals surface area contributed by atoms with E-state index < -0.39 is 0 Å².